The van der Waals surface area contributed by atoms with Gasteiger partial charge in [0.05, 0.1) is 4.92 Å². The molecule has 0 spiro atoms. The predicted molar refractivity (Wildman–Crippen MR) is 72.0 cm³/mol. The van der Waals surface area contributed by atoms with E-state index in [2.05, 4.69) is 10.6 Å². The highest BCUT2D eigenvalue weighted by Crippen LogP contribution is 2.24. The second kappa shape index (κ2) is 5.36. The first-order valence-corrected chi connectivity index (χ1v) is 6.25. The van der Waals surface area contributed by atoms with Crippen LogP contribution in [-0.2, 0) is 4.79 Å². The molecule has 1 unspecified atom stereocenters. The van der Waals surface area contributed by atoms with Crippen LogP contribution in [0.4, 0.5) is 11.4 Å². The van der Waals surface area contributed by atoms with Crippen molar-refractivity contribution in [1.29, 1.82) is 0 Å². The molecule has 1 aromatic carbocycles. The minimum atomic E-state index is -0.440. The van der Waals surface area contributed by atoms with E-state index in [4.69, 9.17) is 0 Å². The van der Waals surface area contributed by atoms with Crippen LogP contribution in [0.5, 0.6) is 0 Å². The van der Waals surface area contributed by atoms with Crippen LogP contribution in [0, 0.1) is 28.9 Å². The van der Waals surface area contributed by atoms with Gasteiger partial charge in [0.2, 0.25) is 5.91 Å². The number of hydrogen-bond acceptors (Lipinski definition) is 4. The molecule has 2 rings (SSSR count). The molecule has 1 aliphatic heterocycles. The molecule has 1 aliphatic rings. The molecular formula is C13H17N3O3. The molecule has 1 heterocycles. The molecule has 1 atom stereocenters. The molecule has 1 aromatic rings. The van der Waals surface area contributed by atoms with Crippen LogP contribution < -0.4 is 10.6 Å². The number of nitro benzene ring substituents is 1. The van der Waals surface area contributed by atoms with Crippen molar-refractivity contribution in [1.82, 2.24) is 5.32 Å². The molecular weight excluding hydrogens is 246 g/mol. The Morgan fingerprint density at radius 2 is 2.21 bits per heavy atom. The summed E-state index contributed by atoms with van der Waals surface area (Å²) < 4.78 is 0. The monoisotopic (exact) mass is 263 g/mol. The molecule has 0 bridgehead atoms. The first kappa shape index (κ1) is 13.5. The zero-order valence-corrected chi connectivity index (χ0v) is 11.0. The van der Waals surface area contributed by atoms with E-state index in [-0.39, 0.29) is 17.5 Å². The van der Waals surface area contributed by atoms with E-state index >= 15 is 0 Å². The molecule has 0 aromatic heterocycles. The summed E-state index contributed by atoms with van der Waals surface area (Å²) in [5, 5.41) is 16.7. The average Bonchev–Trinajstić information content (AvgIpc) is 2.28. The van der Waals surface area contributed by atoms with Crippen molar-refractivity contribution in [3.8, 4) is 0 Å². The summed E-state index contributed by atoms with van der Waals surface area (Å²) in [5.41, 5.74) is 1.08. The highest BCUT2D eigenvalue weighted by atomic mass is 16.6. The summed E-state index contributed by atoms with van der Waals surface area (Å²) in [6.45, 7) is 5.25. The van der Waals surface area contributed by atoms with Gasteiger partial charge in [-0.2, -0.15) is 0 Å². The van der Waals surface area contributed by atoms with E-state index < -0.39 is 4.92 Å². The lowest BCUT2D eigenvalue weighted by atomic mass is 9.88. The number of rotatable bonds is 4. The van der Waals surface area contributed by atoms with Gasteiger partial charge in [0.25, 0.3) is 5.69 Å². The van der Waals surface area contributed by atoms with Crippen molar-refractivity contribution in [2.24, 2.45) is 11.8 Å². The number of nitrogens with zero attached hydrogens (tertiary/aromatic N) is 1. The van der Waals surface area contributed by atoms with Gasteiger partial charge in [-0.25, -0.2) is 0 Å². The largest absolute Gasteiger partial charge is 0.326 e. The van der Waals surface area contributed by atoms with E-state index in [1.807, 2.05) is 6.92 Å². The third kappa shape index (κ3) is 2.90. The molecule has 19 heavy (non-hydrogen) atoms. The van der Waals surface area contributed by atoms with E-state index in [0.717, 1.165) is 13.1 Å². The fraction of sp³-hybridized carbons (Fsp3) is 0.462. The molecule has 0 aliphatic carbocycles. The van der Waals surface area contributed by atoms with E-state index in [0.29, 0.717) is 17.2 Å². The topological polar surface area (TPSA) is 84.3 Å². The Kier molecular flexibility index (Phi) is 3.80. The number of carbonyl (C=O) groups is 1. The smallest absolute Gasteiger partial charge is 0.274 e. The molecule has 1 amide bonds. The molecule has 2 N–H and O–H groups in total. The van der Waals surface area contributed by atoms with Crippen LogP contribution in [-0.4, -0.2) is 23.9 Å². The number of aryl methyl sites for hydroxylation is 1. The zero-order chi connectivity index (χ0) is 14.0. The summed E-state index contributed by atoms with van der Waals surface area (Å²) >= 11 is 0. The fourth-order valence-electron chi connectivity index (χ4n) is 2.02. The minimum absolute atomic E-state index is 0.0239. The zero-order valence-electron chi connectivity index (χ0n) is 11.0. The van der Waals surface area contributed by atoms with Crippen LogP contribution in [0.25, 0.3) is 0 Å². The Morgan fingerprint density at radius 1 is 1.53 bits per heavy atom. The number of amides is 1. The second-order valence-corrected chi connectivity index (χ2v) is 4.95. The van der Waals surface area contributed by atoms with Gasteiger partial charge in [0, 0.05) is 23.2 Å². The van der Waals surface area contributed by atoms with Crippen LogP contribution >= 0.6 is 0 Å². The Labute approximate surface area is 111 Å². The van der Waals surface area contributed by atoms with Gasteiger partial charge < -0.3 is 10.6 Å². The van der Waals surface area contributed by atoms with Crippen molar-refractivity contribution < 1.29 is 9.72 Å². The van der Waals surface area contributed by atoms with Gasteiger partial charge in [-0.05, 0) is 32.0 Å². The third-order valence-corrected chi connectivity index (χ3v) is 3.61. The van der Waals surface area contributed by atoms with Crippen molar-refractivity contribution in [2.75, 3.05) is 18.4 Å². The van der Waals surface area contributed by atoms with Crippen molar-refractivity contribution in [3.63, 3.8) is 0 Å². The second-order valence-electron chi connectivity index (χ2n) is 4.95. The summed E-state index contributed by atoms with van der Waals surface area (Å²) in [6, 6.07) is 4.73. The van der Waals surface area contributed by atoms with Gasteiger partial charge in [-0.3, -0.25) is 14.9 Å². The van der Waals surface area contributed by atoms with Crippen LogP contribution in [0.1, 0.15) is 12.5 Å². The molecule has 1 fully saturated rings. The molecule has 102 valence electrons. The third-order valence-electron chi connectivity index (χ3n) is 3.61. The van der Waals surface area contributed by atoms with E-state index in [9.17, 15) is 14.9 Å². The molecule has 0 saturated carbocycles. The highest BCUT2D eigenvalue weighted by molar-refractivity contribution is 5.93. The lowest BCUT2D eigenvalue weighted by molar-refractivity contribution is -0.385. The van der Waals surface area contributed by atoms with Gasteiger partial charge >= 0.3 is 0 Å². The standard InChI is InChI=1S/C13H17N3O3/c1-8-3-4-11(5-12(8)16(18)19)15-13(17)9(2)10-6-14-7-10/h3-5,9-10,14H,6-7H2,1-2H3,(H,15,17). The van der Waals surface area contributed by atoms with Crippen LogP contribution in [0.2, 0.25) is 0 Å². The van der Waals surface area contributed by atoms with E-state index in [1.165, 1.54) is 6.07 Å². The number of benzene rings is 1. The average molecular weight is 263 g/mol. The predicted octanol–water partition coefficient (Wildman–Crippen LogP) is 1.70. The first-order chi connectivity index (χ1) is 8.99. The SMILES string of the molecule is Cc1ccc(NC(=O)C(C)C2CNC2)cc1[N+](=O)[O-]. The first-order valence-electron chi connectivity index (χ1n) is 6.25. The van der Waals surface area contributed by atoms with Crippen LogP contribution in [0.3, 0.4) is 0 Å². The maximum Gasteiger partial charge on any atom is 0.274 e. The van der Waals surface area contributed by atoms with Gasteiger partial charge in [-0.15, -0.1) is 0 Å². The molecule has 0 radical (unpaired) electrons. The summed E-state index contributed by atoms with van der Waals surface area (Å²) in [7, 11) is 0. The number of nitrogens with one attached hydrogen (secondary N) is 2. The molecule has 6 nitrogen and oxygen atoms in total. The number of hydrogen-bond donors (Lipinski definition) is 2. The number of anilines is 1. The highest BCUT2D eigenvalue weighted by Gasteiger charge is 2.28. The van der Waals surface area contributed by atoms with Crippen molar-refractivity contribution in [2.45, 2.75) is 13.8 Å². The lowest BCUT2D eigenvalue weighted by Gasteiger charge is -2.31. The summed E-state index contributed by atoms with van der Waals surface area (Å²) in [4.78, 5) is 22.4. The van der Waals surface area contributed by atoms with Gasteiger partial charge in [0.15, 0.2) is 0 Å². The summed E-state index contributed by atoms with van der Waals surface area (Å²) in [5.74, 6) is 0.159. The fourth-order valence-corrected chi connectivity index (χ4v) is 2.02. The Bertz CT molecular complexity index is 512. The molecule has 6 heteroatoms. The molecule has 1 saturated heterocycles. The Hall–Kier alpha value is -1.95. The van der Waals surface area contributed by atoms with Crippen LogP contribution in [0.15, 0.2) is 18.2 Å². The minimum Gasteiger partial charge on any atom is -0.326 e. The summed E-state index contributed by atoms with van der Waals surface area (Å²) in [6.07, 6.45) is 0. The Balaban J connectivity index is 2.08. The maximum absolute atomic E-state index is 12.0. The maximum atomic E-state index is 12.0. The van der Waals surface area contributed by atoms with E-state index in [1.54, 1.807) is 19.1 Å². The van der Waals surface area contributed by atoms with Gasteiger partial charge in [-0.1, -0.05) is 13.0 Å². The number of nitro groups is 1. The van der Waals surface area contributed by atoms with Crippen molar-refractivity contribution in [3.05, 3.63) is 33.9 Å². The van der Waals surface area contributed by atoms with Crippen molar-refractivity contribution >= 4 is 17.3 Å². The quantitative estimate of drug-likeness (QED) is 0.639. The number of carbonyl (C=O) groups excluding carboxylic acids is 1. The van der Waals surface area contributed by atoms with Gasteiger partial charge in [0.1, 0.15) is 0 Å². The lowest BCUT2D eigenvalue weighted by Crippen LogP contribution is -2.48. The Morgan fingerprint density at radius 3 is 2.74 bits per heavy atom. The normalized spacial score (nSPS) is 16.5.